The van der Waals surface area contributed by atoms with E-state index in [1.807, 2.05) is 24.1 Å². The molecule has 1 fully saturated rings. The highest BCUT2D eigenvalue weighted by Gasteiger charge is 2.29. The highest BCUT2D eigenvalue weighted by atomic mass is 16.5. The molecule has 0 aliphatic carbocycles. The number of carbonyl (C=O) groups is 1. The van der Waals surface area contributed by atoms with Gasteiger partial charge in [0.05, 0.1) is 12.0 Å². The van der Waals surface area contributed by atoms with Crippen LogP contribution in [0.1, 0.15) is 36.3 Å². The summed E-state index contributed by atoms with van der Waals surface area (Å²) in [6.07, 6.45) is 3.63. The molecular formula is C17H24N2O2. The van der Waals surface area contributed by atoms with Crippen LogP contribution in [-0.2, 0) is 16.1 Å². The Hall–Kier alpha value is -1.39. The Kier molecular flexibility index (Phi) is 4.56. The third kappa shape index (κ3) is 3.27. The molecule has 1 aromatic rings. The van der Waals surface area contributed by atoms with Gasteiger partial charge in [0.15, 0.2) is 0 Å². The van der Waals surface area contributed by atoms with Gasteiger partial charge >= 0.3 is 0 Å². The number of nitrogens with one attached hydrogen (secondary N) is 1. The lowest BCUT2D eigenvalue weighted by Gasteiger charge is -2.32. The predicted octanol–water partition coefficient (Wildman–Crippen LogP) is 1.90. The number of benzene rings is 1. The van der Waals surface area contributed by atoms with Crippen LogP contribution in [0.15, 0.2) is 24.3 Å². The topological polar surface area (TPSA) is 41.6 Å². The Balaban J connectivity index is 1.67. The van der Waals surface area contributed by atoms with Gasteiger partial charge < -0.3 is 15.0 Å². The van der Waals surface area contributed by atoms with E-state index in [1.54, 1.807) is 0 Å². The molecule has 0 spiro atoms. The zero-order valence-corrected chi connectivity index (χ0v) is 12.7. The lowest BCUT2D eigenvalue weighted by molar-refractivity contribution is -0.134. The Morgan fingerprint density at radius 3 is 3.05 bits per heavy atom. The van der Waals surface area contributed by atoms with Crippen LogP contribution >= 0.6 is 0 Å². The van der Waals surface area contributed by atoms with Crippen molar-refractivity contribution in [2.45, 2.75) is 37.8 Å². The van der Waals surface area contributed by atoms with Crippen LogP contribution in [0.5, 0.6) is 0 Å². The number of likely N-dealkylation sites (N-methyl/N-ethyl adjacent to an activating group) is 1. The molecule has 1 amide bonds. The second kappa shape index (κ2) is 6.58. The standard InChI is InChI=1S/C17H24N2O2/c1-19(12-14-7-4-5-9-21-14)17(20)16-11-18-10-13-6-2-3-8-15(13)16/h2-3,6,8,14,16,18H,4-5,7,9-12H2,1H3. The molecule has 2 heterocycles. The summed E-state index contributed by atoms with van der Waals surface area (Å²) >= 11 is 0. The van der Waals surface area contributed by atoms with Gasteiger partial charge in [-0.3, -0.25) is 4.79 Å². The van der Waals surface area contributed by atoms with Crippen molar-refractivity contribution in [2.24, 2.45) is 0 Å². The molecule has 2 atom stereocenters. The number of amides is 1. The van der Waals surface area contributed by atoms with Crippen LogP contribution in [0.2, 0.25) is 0 Å². The average Bonchev–Trinajstić information content (AvgIpc) is 2.54. The molecule has 0 aromatic heterocycles. The van der Waals surface area contributed by atoms with Crippen molar-refractivity contribution >= 4 is 5.91 Å². The Morgan fingerprint density at radius 1 is 1.38 bits per heavy atom. The van der Waals surface area contributed by atoms with Crippen molar-refractivity contribution < 1.29 is 9.53 Å². The summed E-state index contributed by atoms with van der Waals surface area (Å²) in [5, 5.41) is 3.35. The minimum Gasteiger partial charge on any atom is -0.376 e. The van der Waals surface area contributed by atoms with E-state index < -0.39 is 0 Å². The van der Waals surface area contributed by atoms with Crippen molar-refractivity contribution in [3.8, 4) is 0 Å². The molecule has 2 aliphatic rings. The van der Waals surface area contributed by atoms with E-state index >= 15 is 0 Å². The van der Waals surface area contributed by atoms with E-state index in [4.69, 9.17) is 4.74 Å². The summed E-state index contributed by atoms with van der Waals surface area (Å²) in [6.45, 7) is 3.12. The van der Waals surface area contributed by atoms with Crippen molar-refractivity contribution in [1.82, 2.24) is 10.2 Å². The van der Waals surface area contributed by atoms with Crippen LogP contribution in [0.4, 0.5) is 0 Å². The van der Waals surface area contributed by atoms with Crippen molar-refractivity contribution in [3.63, 3.8) is 0 Å². The molecule has 1 N–H and O–H groups in total. The molecule has 0 radical (unpaired) electrons. The maximum absolute atomic E-state index is 12.8. The monoisotopic (exact) mass is 288 g/mol. The maximum atomic E-state index is 12.8. The number of hydrogen-bond acceptors (Lipinski definition) is 3. The number of ether oxygens (including phenoxy) is 1. The van der Waals surface area contributed by atoms with E-state index in [0.29, 0.717) is 6.54 Å². The zero-order valence-electron chi connectivity index (χ0n) is 12.7. The first-order valence-corrected chi connectivity index (χ1v) is 7.91. The van der Waals surface area contributed by atoms with Gasteiger partial charge in [-0.2, -0.15) is 0 Å². The summed E-state index contributed by atoms with van der Waals surface area (Å²) in [7, 11) is 1.90. The van der Waals surface area contributed by atoms with Crippen molar-refractivity contribution in [2.75, 3.05) is 26.7 Å². The van der Waals surface area contributed by atoms with Gasteiger partial charge in [-0.15, -0.1) is 0 Å². The first kappa shape index (κ1) is 14.5. The normalized spacial score (nSPS) is 25.2. The molecule has 2 aliphatic heterocycles. The minimum absolute atomic E-state index is 0.0662. The van der Waals surface area contributed by atoms with Crippen LogP contribution < -0.4 is 5.32 Å². The second-order valence-corrected chi connectivity index (χ2v) is 6.09. The molecule has 0 bridgehead atoms. The van der Waals surface area contributed by atoms with Crippen LogP contribution in [0, 0.1) is 0 Å². The fourth-order valence-electron chi connectivity index (χ4n) is 3.33. The summed E-state index contributed by atoms with van der Waals surface area (Å²) in [5.41, 5.74) is 2.42. The highest BCUT2D eigenvalue weighted by Crippen LogP contribution is 2.25. The molecule has 4 nitrogen and oxygen atoms in total. The number of nitrogens with zero attached hydrogens (tertiary/aromatic N) is 1. The fourth-order valence-corrected chi connectivity index (χ4v) is 3.33. The van der Waals surface area contributed by atoms with Gasteiger partial charge in [0.2, 0.25) is 5.91 Å². The second-order valence-electron chi connectivity index (χ2n) is 6.09. The minimum atomic E-state index is -0.0662. The number of hydrogen-bond donors (Lipinski definition) is 1. The van der Waals surface area contributed by atoms with Gasteiger partial charge in [-0.1, -0.05) is 24.3 Å². The predicted molar refractivity (Wildman–Crippen MR) is 82.1 cm³/mol. The van der Waals surface area contributed by atoms with E-state index in [-0.39, 0.29) is 17.9 Å². The summed E-state index contributed by atoms with van der Waals surface area (Å²) in [4.78, 5) is 14.6. The molecule has 114 valence electrons. The first-order chi connectivity index (χ1) is 10.3. The van der Waals surface area contributed by atoms with Gasteiger partial charge in [0.25, 0.3) is 0 Å². The quantitative estimate of drug-likeness (QED) is 0.923. The van der Waals surface area contributed by atoms with E-state index in [0.717, 1.165) is 32.5 Å². The van der Waals surface area contributed by atoms with Crippen molar-refractivity contribution in [3.05, 3.63) is 35.4 Å². The number of carbonyl (C=O) groups excluding carboxylic acids is 1. The molecular weight excluding hydrogens is 264 g/mol. The maximum Gasteiger partial charge on any atom is 0.231 e. The summed E-state index contributed by atoms with van der Waals surface area (Å²) < 4.78 is 5.75. The molecule has 4 heteroatoms. The molecule has 21 heavy (non-hydrogen) atoms. The van der Waals surface area contributed by atoms with Crippen LogP contribution in [-0.4, -0.2) is 43.7 Å². The van der Waals surface area contributed by atoms with Crippen LogP contribution in [0.25, 0.3) is 0 Å². The fraction of sp³-hybridized carbons (Fsp3) is 0.588. The zero-order chi connectivity index (χ0) is 14.7. The lowest BCUT2D eigenvalue weighted by Crippen LogP contribution is -2.43. The van der Waals surface area contributed by atoms with Gasteiger partial charge in [0.1, 0.15) is 0 Å². The molecule has 1 aromatic carbocycles. The lowest BCUT2D eigenvalue weighted by atomic mass is 9.90. The molecule has 1 saturated heterocycles. The van der Waals surface area contributed by atoms with Crippen molar-refractivity contribution in [1.29, 1.82) is 0 Å². The van der Waals surface area contributed by atoms with Gasteiger partial charge in [-0.25, -0.2) is 0 Å². The van der Waals surface area contributed by atoms with Crippen LogP contribution in [0.3, 0.4) is 0 Å². The third-order valence-corrected chi connectivity index (χ3v) is 4.52. The molecule has 0 saturated carbocycles. The molecule has 3 rings (SSSR count). The Labute approximate surface area is 126 Å². The van der Waals surface area contributed by atoms with E-state index in [2.05, 4.69) is 17.4 Å². The van der Waals surface area contributed by atoms with Gasteiger partial charge in [-0.05, 0) is 30.4 Å². The van der Waals surface area contributed by atoms with E-state index in [1.165, 1.54) is 17.5 Å². The smallest absolute Gasteiger partial charge is 0.231 e. The number of fused-ring (bicyclic) bond motifs is 1. The van der Waals surface area contributed by atoms with Gasteiger partial charge in [0, 0.05) is 33.3 Å². The third-order valence-electron chi connectivity index (χ3n) is 4.52. The first-order valence-electron chi connectivity index (χ1n) is 7.91. The largest absolute Gasteiger partial charge is 0.376 e. The summed E-state index contributed by atoms with van der Waals surface area (Å²) in [6, 6.07) is 8.25. The Morgan fingerprint density at radius 2 is 2.24 bits per heavy atom. The molecule has 2 unspecified atom stereocenters. The van der Waals surface area contributed by atoms with E-state index in [9.17, 15) is 4.79 Å². The number of rotatable bonds is 3. The highest BCUT2D eigenvalue weighted by molar-refractivity contribution is 5.84. The summed E-state index contributed by atoms with van der Waals surface area (Å²) in [5.74, 6) is 0.132. The Bertz CT molecular complexity index is 497. The SMILES string of the molecule is CN(CC1CCCCO1)C(=O)C1CNCc2ccccc21. The average molecular weight is 288 g/mol.